The molecule has 0 bridgehead atoms. The molecule has 1 N–H and O–H groups in total. The summed E-state index contributed by atoms with van der Waals surface area (Å²) in [5, 5.41) is 3.19. The van der Waals surface area contributed by atoms with Gasteiger partial charge in [-0.1, -0.05) is 22.9 Å². The molecule has 88 valence electrons. The highest BCUT2D eigenvalue weighted by Gasteiger charge is 2.25. The van der Waals surface area contributed by atoms with Crippen molar-refractivity contribution in [1.29, 1.82) is 0 Å². The fraction of sp³-hybridized carbons (Fsp3) is 0.556. The number of carbonyl (C=O) groups excluding carboxylic acids is 1. The Kier molecular flexibility index (Phi) is 3.75. The van der Waals surface area contributed by atoms with Gasteiger partial charge >= 0.3 is 0 Å². The Bertz CT molecular complexity index is 385. The first-order valence-corrected chi connectivity index (χ1v) is 6.07. The van der Waals surface area contributed by atoms with Crippen LogP contribution >= 0.6 is 22.9 Å². The van der Waals surface area contributed by atoms with Crippen molar-refractivity contribution >= 4 is 34.0 Å². The van der Waals surface area contributed by atoms with Gasteiger partial charge in [-0.25, -0.2) is 4.98 Å². The van der Waals surface area contributed by atoms with E-state index in [1.165, 1.54) is 17.5 Å². The minimum atomic E-state index is -0.429. The van der Waals surface area contributed by atoms with E-state index in [2.05, 4.69) is 15.2 Å². The lowest BCUT2D eigenvalue weighted by atomic mass is 10.2. The minimum Gasteiger partial charge on any atom is -0.366 e. The zero-order valence-electron chi connectivity index (χ0n) is 8.77. The summed E-state index contributed by atoms with van der Waals surface area (Å²) in [6.45, 7) is 2.03. The maximum absolute atomic E-state index is 11.8. The van der Waals surface area contributed by atoms with Gasteiger partial charge in [0.05, 0.1) is 12.8 Å². The first-order chi connectivity index (χ1) is 7.65. The van der Waals surface area contributed by atoms with Crippen LogP contribution in [0.4, 0.5) is 5.13 Å². The quantitative estimate of drug-likeness (QED) is 0.865. The van der Waals surface area contributed by atoms with Gasteiger partial charge in [-0.3, -0.25) is 10.1 Å². The third kappa shape index (κ3) is 2.91. The van der Waals surface area contributed by atoms with Gasteiger partial charge < -0.3 is 9.64 Å². The molecule has 5 nitrogen and oxygen atoms in total. The van der Waals surface area contributed by atoms with Crippen LogP contribution in [-0.2, 0) is 9.53 Å². The monoisotopic (exact) mass is 261 g/mol. The predicted molar refractivity (Wildman–Crippen MR) is 63.0 cm³/mol. The lowest BCUT2D eigenvalue weighted by Gasteiger charge is -2.28. The average molecular weight is 262 g/mol. The van der Waals surface area contributed by atoms with Gasteiger partial charge in [-0.15, -0.1) is 0 Å². The number of hydrogen-bond acceptors (Lipinski definition) is 5. The Morgan fingerprint density at radius 3 is 3.25 bits per heavy atom. The molecule has 1 fully saturated rings. The Morgan fingerprint density at radius 1 is 1.81 bits per heavy atom. The van der Waals surface area contributed by atoms with Crippen LogP contribution in [0.25, 0.3) is 0 Å². The van der Waals surface area contributed by atoms with Crippen LogP contribution in [0, 0.1) is 0 Å². The number of carbonyl (C=O) groups is 1. The Hall–Kier alpha value is -0.690. The van der Waals surface area contributed by atoms with Crippen LogP contribution in [0.3, 0.4) is 0 Å². The minimum absolute atomic E-state index is 0.169. The zero-order chi connectivity index (χ0) is 11.5. The van der Waals surface area contributed by atoms with Crippen LogP contribution in [0.1, 0.15) is 0 Å². The second-order valence-electron chi connectivity index (χ2n) is 3.58. The van der Waals surface area contributed by atoms with Gasteiger partial charge in [0.1, 0.15) is 10.4 Å². The summed E-state index contributed by atoms with van der Waals surface area (Å²) in [6.07, 6.45) is 1.08. The molecule has 0 saturated carbocycles. The molecule has 1 saturated heterocycles. The number of likely N-dealkylation sites (N-methyl/N-ethyl adjacent to an activating group) is 1. The highest BCUT2D eigenvalue weighted by molar-refractivity contribution is 7.19. The third-order valence-corrected chi connectivity index (χ3v) is 3.30. The zero-order valence-corrected chi connectivity index (χ0v) is 10.3. The normalized spacial score (nSPS) is 22.0. The smallest absolute Gasteiger partial charge is 0.256 e. The number of nitrogens with zero attached hydrogens (tertiary/aromatic N) is 2. The van der Waals surface area contributed by atoms with Crippen molar-refractivity contribution in [2.24, 2.45) is 0 Å². The lowest BCUT2D eigenvalue weighted by molar-refractivity contribution is -0.132. The van der Waals surface area contributed by atoms with E-state index in [4.69, 9.17) is 16.3 Å². The number of ether oxygens (including phenoxy) is 1. The summed E-state index contributed by atoms with van der Waals surface area (Å²) >= 11 is 6.95. The number of nitrogens with one attached hydrogen (secondary N) is 1. The molecular formula is C9H12ClN3O2S. The van der Waals surface area contributed by atoms with E-state index in [9.17, 15) is 4.79 Å². The molecule has 1 aromatic rings. The van der Waals surface area contributed by atoms with E-state index in [1.54, 1.807) is 0 Å². The Morgan fingerprint density at radius 2 is 2.62 bits per heavy atom. The fourth-order valence-electron chi connectivity index (χ4n) is 1.43. The molecule has 2 heterocycles. The first-order valence-electron chi connectivity index (χ1n) is 4.87. The number of anilines is 1. The van der Waals surface area contributed by atoms with Crippen LogP contribution in [0.5, 0.6) is 0 Å². The first kappa shape index (κ1) is 11.8. The molecule has 1 aliphatic heterocycles. The van der Waals surface area contributed by atoms with Crippen molar-refractivity contribution in [3.05, 3.63) is 10.5 Å². The fourth-order valence-corrected chi connectivity index (χ4v) is 2.25. The van der Waals surface area contributed by atoms with Gasteiger partial charge in [-0.2, -0.15) is 0 Å². The summed E-state index contributed by atoms with van der Waals surface area (Å²) in [5.74, 6) is -0.169. The second kappa shape index (κ2) is 5.09. The van der Waals surface area contributed by atoms with Gasteiger partial charge in [0, 0.05) is 13.1 Å². The van der Waals surface area contributed by atoms with Crippen molar-refractivity contribution in [2.75, 3.05) is 32.1 Å². The van der Waals surface area contributed by atoms with E-state index < -0.39 is 6.10 Å². The summed E-state index contributed by atoms with van der Waals surface area (Å²) < 4.78 is 5.93. The highest BCUT2D eigenvalue weighted by atomic mass is 35.5. The molecule has 1 amide bonds. The van der Waals surface area contributed by atoms with Gasteiger partial charge in [0.15, 0.2) is 5.13 Å². The summed E-state index contributed by atoms with van der Waals surface area (Å²) in [5.41, 5.74) is 0. The Labute approximate surface area is 102 Å². The SMILES string of the molecule is CN1CCO[C@H](C(=O)Nc2ncc(Cl)s2)C1. The second-order valence-corrected chi connectivity index (χ2v) is 5.24. The molecule has 1 aliphatic rings. The van der Waals surface area contributed by atoms with Crippen molar-refractivity contribution in [3.63, 3.8) is 0 Å². The van der Waals surface area contributed by atoms with E-state index in [0.717, 1.165) is 6.54 Å². The van der Waals surface area contributed by atoms with Crippen molar-refractivity contribution in [2.45, 2.75) is 6.10 Å². The Balaban J connectivity index is 1.92. The maximum Gasteiger partial charge on any atom is 0.256 e. The van der Waals surface area contributed by atoms with Crippen LogP contribution in [0.2, 0.25) is 4.34 Å². The number of hydrogen-bond donors (Lipinski definition) is 1. The number of rotatable bonds is 2. The van der Waals surface area contributed by atoms with Gasteiger partial charge in [0.2, 0.25) is 0 Å². The van der Waals surface area contributed by atoms with Crippen LogP contribution in [-0.4, -0.2) is 48.6 Å². The topological polar surface area (TPSA) is 54.5 Å². The molecule has 1 aromatic heterocycles. The summed E-state index contributed by atoms with van der Waals surface area (Å²) in [6, 6.07) is 0. The summed E-state index contributed by atoms with van der Waals surface area (Å²) in [7, 11) is 1.96. The molecule has 0 radical (unpaired) electrons. The van der Waals surface area contributed by atoms with Gasteiger partial charge in [0.25, 0.3) is 5.91 Å². The van der Waals surface area contributed by atoms with E-state index in [-0.39, 0.29) is 5.91 Å². The molecular weight excluding hydrogens is 250 g/mol. The maximum atomic E-state index is 11.8. The molecule has 16 heavy (non-hydrogen) atoms. The van der Waals surface area contributed by atoms with Crippen LogP contribution in [0.15, 0.2) is 6.20 Å². The number of thiazole rings is 1. The third-order valence-electron chi connectivity index (χ3n) is 2.27. The molecule has 2 rings (SSSR count). The van der Waals surface area contributed by atoms with Crippen molar-refractivity contribution in [3.8, 4) is 0 Å². The van der Waals surface area contributed by atoms with E-state index >= 15 is 0 Å². The number of aromatic nitrogens is 1. The predicted octanol–water partition coefficient (Wildman–Crippen LogP) is 1.07. The lowest BCUT2D eigenvalue weighted by Crippen LogP contribution is -2.46. The average Bonchev–Trinajstić information content (AvgIpc) is 2.64. The molecule has 7 heteroatoms. The van der Waals surface area contributed by atoms with E-state index in [0.29, 0.717) is 22.6 Å². The summed E-state index contributed by atoms with van der Waals surface area (Å²) in [4.78, 5) is 17.8. The molecule has 0 spiro atoms. The van der Waals surface area contributed by atoms with Crippen molar-refractivity contribution in [1.82, 2.24) is 9.88 Å². The van der Waals surface area contributed by atoms with Crippen LogP contribution < -0.4 is 5.32 Å². The molecule has 0 unspecified atom stereocenters. The number of morpholine rings is 1. The molecule has 0 aliphatic carbocycles. The molecule has 0 aromatic carbocycles. The largest absolute Gasteiger partial charge is 0.366 e. The van der Waals surface area contributed by atoms with E-state index in [1.807, 2.05) is 7.05 Å². The number of amides is 1. The van der Waals surface area contributed by atoms with Gasteiger partial charge in [-0.05, 0) is 7.05 Å². The van der Waals surface area contributed by atoms with Crippen molar-refractivity contribution < 1.29 is 9.53 Å². The standard InChI is InChI=1S/C9H12ClN3O2S/c1-13-2-3-15-6(5-13)8(14)12-9-11-4-7(10)16-9/h4,6H,2-3,5H2,1H3,(H,11,12,14)/t6-/m0/s1. The number of halogens is 1. The molecule has 1 atom stereocenters. The highest BCUT2D eigenvalue weighted by Crippen LogP contribution is 2.22.